The van der Waals surface area contributed by atoms with Gasteiger partial charge in [0, 0.05) is 22.6 Å². The van der Waals surface area contributed by atoms with E-state index in [0.717, 1.165) is 35.8 Å². The number of rotatable bonds is 6. The molecule has 130 valence electrons. The number of hydrogen-bond donors (Lipinski definition) is 0. The van der Waals surface area contributed by atoms with Gasteiger partial charge in [-0.3, -0.25) is 0 Å². The average molecular weight is 340 g/mol. The number of aryl methyl sites for hydroxylation is 2. The smallest absolute Gasteiger partial charge is 0.336 e. The molecule has 4 heteroatoms. The van der Waals surface area contributed by atoms with Crippen molar-refractivity contribution in [1.82, 2.24) is 0 Å². The Morgan fingerprint density at radius 3 is 2.68 bits per heavy atom. The minimum atomic E-state index is -0.354. The summed E-state index contributed by atoms with van der Waals surface area (Å²) < 4.78 is 24.9. The molecule has 0 radical (unpaired) electrons. The Hall–Kier alpha value is -2.62. The maximum absolute atomic E-state index is 13.7. The molecule has 3 aromatic rings. The second-order valence-corrected chi connectivity index (χ2v) is 6.14. The zero-order chi connectivity index (χ0) is 17.8. The quantitative estimate of drug-likeness (QED) is 0.582. The van der Waals surface area contributed by atoms with Gasteiger partial charge < -0.3 is 9.15 Å². The summed E-state index contributed by atoms with van der Waals surface area (Å²) in [6.45, 7) is 4.10. The van der Waals surface area contributed by atoms with Gasteiger partial charge in [0.1, 0.15) is 23.8 Å². The van der Waals surface area contributed by atoms with Crippen molar-refractivity contribution in [2.24, 2.45) is 0 Å². The number of ether oxygens (including phenoxy) is 1. The van der Waals surface area contributed by atoms with Crippen molar-refractivity contribution >= 4 is 11.0 Å². The van der Waals surface area contributed by atoms with Crippen LogP contribution in [0.3, 0.4) is 0 Å². The van der Waals surface area contributed by atoms with Crippen LogP contribution in [-0.4, -0.2) is 0 Å². The summed E-state index contributed by atoms with van der Waals surface area (Å²) in [5.74, 6) is 0.292. The number of unbranched alkanes of at least 4 members (excludes halogenated alkanes) is 1. The highest BCUT2D eigenvalue weighted by Gasteiger charge is 2.12. The second kappa shape index (κ2) is 7.51. The Bertz CT molecular complexity index is 944. The third-order valence-corrected chi connectivity index (χ3v) is 4.34. The van der Waals surface area contributed by atoms with Crippen LogP contribution in [0.1, 0.15) is 36.5 Å². The highest BCUT2D eigenvalue weighted by atomic mass is 19.1. The molecular formula is C21H21FO3. The Morgan fingerprint density at radius 2 is 1.92 bits per heavy atom. The summed E-state index contributed by atoms with van der Waals surface area (Å²) in [5.41, 5.74) is 2.43. The van der Waals surface area contributed by atoms with Crippen LogP contribution in [0.5, 0.6) is 5.75 Å². The van der Waals surface area contributed by atoms with Crippen molar-refractivity contribution in [2.75, 3.05) is 0 Å². The molecule has 0 bridgehead atoms. The summed E-state index contributed by atoms with van der Waals surface area (Å²) >= 11 is 0. The molecule has 3 rings (SSSR count). The molecule has 0 spiro atoms. The molecule has 1 aromatic heterocycles. The van der Waals surface area contributed by atoms with Gasteiger partial charge in [-0.1, -0.05) is 31.5 Å². The number of benzene rings is 2. The minimum Gasteiger partial charge on any atom is -0.488 e. The Labute approximate surface area is 146 Å². The molecule has 0 aliphatic heterocycles. The number of halogens is 1. The second-order valence-electron chi connectivity index (χ2n) is 6.14. The topological polar surface area (TPSA) is 39.4 Å². The van der Waals surface area contributed by atoms with Gasteiger partial charge in [0.15, 0.2) is 0 Å². The molecule has 0 atom stereocenters. The lowest BCUT2D eigenvalue weighted by molar-refractivity contribution is 0.297. The Balaban J connectivity index is 1.94. The van der Waals surface area contributed by atoms with E-state index in [9.17, 15) is 9.18 Å². The fraction of sp³-hybridized carbons (Fsp3) is 0.286. The summed E-state index contributed by atoms with van der Waals surface area (Å²) in [6, 6.07) is 11.8. The molecule has 0 unspecified atom stereocenters. The first-order valence-electron chi connectivity index (χ1n) is 8.52. The standard InChI is InChI=1S/C21H21FO3/c1-3-4-7-15-12-20(23)25-21-14(2)19(11-10-17(15)21)24-13-16-8-5-6-9-18(16)22/h5-6,8-12H,3-4,7,13H2,1-2H3. The fourth-order valence-corrected chi connectivity index (χ4v) is 2.91. The van der Waals surface area contributed by atoms with Crippen LogP contribution in [0.15, 0.2) is 51.7 Å². The highest BCUT2D eigenvalue weighted by molar-refractivity contribution is 5.85. The predicted octanol–water partition coefficient (Wildman–Crippen LogP) is 5.16. The molecule has 25 heavy (non-hydrogen) atoms. The number of fused-ring (bicyclic) bond motifs is 1. The van der Waals surface area contributed by atoms with Gasteiger partial charge in [-0.05, 0) is 43.5 Å². The lowest BCUT2D eigenvalue weighted by Gasteiger charge is -2.12. The van der Waals surface area contributed by atoms with Gasteiger partial charge in [-0.2, -0.15) is 0 Å². The van der Waals surface area contributed by atoms with Crippen molar-refractivity contribution < 1.29 is 13.5 Å². The monoisotopic (exact) mass is 340 g/mol. The third kappa shape index (κ3) is 3.73. The molecule has 0 N–H and O–H groups in total. The maximum Gasteiger partial charge on any atom is 0.336 e. The van der Waals surface area contributed by atoms with E-state index in [1.807, 2.05) is 19.1 Å². The SMILES string of the molecule is CCCCc1cc(=O)oc2c(C)c(OCc3ccccc3F)ccc12. The summed E-state index contributed by atoms with van der Waals surface area (Å²) in [4.78, 5) is 11.9. The molecule has 0 aliphatic rings. The van der Waals surface area contributed by atoms with E-state index >= 15 is 0 Å². The van der Waals surface area contributed by atoms with E-state index in [1.165, 1.54) is 6.07 Å². The fourth-order valence-electron chi connectivity index (χ4n) is 2.91. The van der Waals surface area contributed by atoms with Crippen molar-refractivity contribution in [3.63, 3.8) is 0 Å². The first-order valence-corrected chi connectivity index (χ1v) is 8.52. The van der Waals surface area contributed by atoms with Gasteiger partial charge in [0.05, 0.1) is 0 Å². The van der Waals surface area contributed by atoms with Crippen molar-refractivity contribution in [3.05, 3.63) is 75.4 Å². The van der Waals surface area contributed by atoms with Crippen molar-refractivity contribution in [2.45, 2.75) is 39.7 Å². The lowest BCUT2D eigenvalue weighted by atomic mass is 10.0. The summed E-state index contributed by atoms with van der Waals surface area (Å²) in [7, 11) is 0. The van der Waals surface area contributed by atoms with E-state index in [0.29, 0.717) is 16.9 Å². The Morgan fingerprint density at radius 1 is 1.12 bits per heavy atom. The molecule has 0 aliphatic carbocycles. The van der Waals surface area contributed by atoms with E-state index in [4.69, 9.17) is 9.15 Å². The molecule has 0 amide bonds. The van der Waals surface area contributed by atoms with E-state index in [1.54, 1.807) is 24.3 Å². The zero-order valence-corrected chi connectivity index (χ0v) is 14.5. The zero-order valence-electron chi connectivity index (χ0n) is 14.5. The van der Waals surface area contributed by atoms with Crippen LogP contribution >= 0.6 is 0 Å². The van der Waals surface area contributed by atoms with Gasteiger partial charge >= 0.3 is 5.63 Å². The summed E-state index contributed by atoms with van der Waals surface area (Å²) in [6.07, 6.45) is 2.92. The lowest BCUT2D eigenvalue weighted by Crippen LogP contribution is -2.04. The van der Waals surface area contributed by atoms with Crippen LogP contribution in [-0.2, 0) is 13.0 Å². The maximum atomic E-state index is 13.7. The third-order valence-electron chi connectivity index (χ3n) is 4.34. The largest absolute Gasteiger partial charge is 0.488 e. The van der Waals surface area contributed by atoms with Gasteiger partial charge in [-0.15, -0.1) is 0 Å². The van der Waals surface area contributed by atoms with Crippen LogP contribution in [0, 0.1) is 12.7 Å². The predicted molar refractivity (Wildman–Crippen MR) is 96.6 cm³/mol. The van der Waals surface area contributed by atoms with Crippen LogP contribution in [0.25, 0.3) is 11.0 Å². The van der Waals surface area contributed by atoms with Crippen LogP contribution in [0.4, 0.5) is 4.39 Å². The first kappa shape index (κ1) is 17.2. The molecule has 1 heterocycles. The first-order chi connectivity index (χ1) is 12.1. The minimum absolute atomic E-state index is 0.124. The molecular weight excluding hydrogens is 319 g/mol. The van der Waals surface area contributed by atoms with E-state index < -0.39 is 0 Å². The molecule has 0 saturated heterocycles. The number of hydrogen-bond acceptors (Lipinski definition) is 3. The molecule has 0 saturated carbocycles. The van der Waals surface area contributed by atoms with Gasteiger partial charge in [0.25, 0.3) is 0 Å². The van der Waals surface area contributed by atoms with Crippen molar-refractivity contribution in [3.8, 4) is 5.75 Å². The highest BCUT2D eigenvalue weighted by Crippen LogP contribution is 2.29. The van der Waals surface area contributed by atoms with Gasteiger partial charge in [-0.25, -0.2) is 9.18 Å². The van der Waals surface area contributed by atoms with E-state index in [-0.39, 0.29) is 18.0 Å². The Kier molecular flexibility index (Phi) is 5.17. The van der Waals surface area contributed by atoms with E-state index in [2.05, 4.69) is 6.92 Å². The molecule has 2 aromatic carbocycles. The average Bonchev–Trinajstić information content (AvgIpc) is 2.61. The van der Waals surface area contributed by atoms with Crippen molar-refractivity contribution in [1.29, 1.82) is 0 Å². The summed E-state index contributed by atoms with van der Waals surface area (Å²) in [5, 5.41) is 0.934. The molecule has 0 fully saturated rings. The van der Waals surface area contributed by atoms with Crippen LogP contribution < -0.4 is 10.4 Å². The molecule has 3 nitrogen and oxygen atoms in total. The van der Waals surface area contributed by atoms with Crippen LogP contribution in [0.2, 0.25) is 0 Å². The normalized spacial score (nSPS) is 11.0. The van der Waals surface area contributed by atoms with Gasteiger partial charge in [0.2, 0.25) is 0 Å².